The summed E-state index contributed by atoms with van der Waals surface area (Å²) >= 11 is 0. The summed E-state index contributed by atoms with van der Waals surface area (Å²) in [4.78, 5) is 22.4. The number of carbonyl (C=O) groups is 1. The van der Waals surface area contributed by atoms with E-state index in [1.165, 1.54) is 11.1 Å². The van der Waals surface area contributed by atoms with E-state index in [1.807, 2.05) is 37.3 Å². The number of nitrogens with zero attached hydrogens (tertiary/aromatic N) is 4. The van der Waals surface area contributed by atoms with Crippen LogP contribution in [0.15, 0.2) is 78.3 Å². The van der Waals surface area contributed by atoms with Crippen LogP contribution in [0.3, 0.4) is 0 Å². The molecule has 0 saturated heterocycles. The number of rotatable bonds is 5. The van der Waals surface area contributed by atoms with Crippen molar-refractivity contribution in [1.82, 2.24) is 19.7 Å². The zero-order valence-electron chi connectivity index (χ0n) is 20.0. The minimum atomic E-state index is -0.485. The molecule has 1 aliphatic rings. The van der Waals surface area contributed by atoms with Crippen molar-refractivity contribution in [3.8, 4) is 17.1 Å². The summed E-state index contributed by atoms with van der Waals surface area (Å²) in [5.74, 6) is 1.67. The normalized spacial score (nSPS) is 14.8. The second-order valence-corrected chi connectivity index (χ2v) is 8.54. The molecule has 8 heteroatoms. The van der Waals surface area contributed by atoms with E-state index in [0.717, 1.165) is 16.9 Å². The minimum Gasteiger partial charge on any atom is -0.497 e. The second-order valence-electron chi connectivity index (χ2n) is 8.54. The van der Waals surface area contributed by atoms with Gasteiger partial charge in [0.1, 0.15) is 11.8 Å². The Bertz CT molecular complexity index is 1420. The predicted molar refractivity (Wildman–Crippen MR) is 135 cm³/mol. The van der Waals surface area contributed by atoms with E-state index < -0.39 is 6.04 Å². The quantitative estimate of drug-likeness (QED) is 0.435. The van der Waals surface area contributed by atoms with Crippen LogP contribution in [0.2, 0.25) is 0 Å². The molecule has 0 saturated carbocycles. The number of aromatic nitrogens is 4. The minimum absolute atomic E-state index is 0.238. The van der Waals surface area contributed by atoms with Gasteiger partial charge in [0, 0.05) is 17.5 Å². The number of ether oxygens (including phenoxy) is 1. The van der Waals surface area contributed by atoms with E-state index in [0.29, 0.717) is 28.7 Å². The van der Waals surface area contributed by atoms with Gasteiger partial charge in [-0.2, -0.15) is 4.98 Å². The highest BCUT2D eigenvalue weighted by Crippen LogP contribution is 2.37. The van der Waals surface area contributed by atoms with Gasteiger partial charge in [-0.05, 0) is 67.8 Å². The van der Waals surface area contributed by atoms with E-state index in [9.17, 15) is 4.79 Å². The van der Waals surface area contributed by atoms with Crippen molar-refractivity contribution < 1.29 is 9.53 Å². The number of anilines is 2. The van der Waals surface area contributed by atoms with Crippen LogP contribution in [0.1, 0.15) is 29.7 Å². The van der Waals surface area contributed by atoms with Crippen LogP contribution in [-0.2, 0) is 4.79 Å². The molecule has 2 aromatic carbocycles. The number of hydrogen-bond acceptors (Lipinski definition) is 6. The number of pyridine rings is 1. The Morgan fingerprint density at radius 2 is 1.86 bits per heavy atom. The van der Waals surface area contributed by atoms with E-state index in [-0.39, 0.29) is 5.91 Å². The maximum Gasteiger partial charge on any atom is 0.255 e. The second kappa shape index (κ2) is 9.06. The molecule has 176 valence electrons. The lowest BCUT2D eigenvalue weighted by Gasteiger charge is -2.28. The molecular formula is C27H26N6O2. The third-order valence-electron chi connectivity index (χ3n) is 6.21. The van der Waals surface area contributed by atoms with Crippen LogP contribution in [0.4, 0.5) is 11.6 Å². The van der Waals surface area contributed by atoms with Crippen molar-refractivity contribution >= 4 is 17.5 Å². The van der Waals surface area contributed by atoms with E-state index in [1.54, 1.807) is 36.3 Å². The van der Waals surface area contributed by atoms with Gasteiger partial charge in [0.15, 0.2) is 5.82 Å². The largest absolute Gasteiger partial charge is 0.497 e. The standard InChI is InChI=1S/C27H26N6O2/c1-16-7-8-20(14-17(16)2)25-31-27-29-18(3)23(26(34)30-21-6-5-13-28-15-21)24(33(27)32-25)19-9-11-22(35-4)12-10-19/h5-15,24H,1-4H3,(H,30,34)(H,29,31,32). The Kier molecular flexibility index (Phi) is 5.78. The lowest BCUT2D eigenvalue weighted by molar-refractivity contribution is -0.113. The molecule has 8 nitrogen and oxygen atoms in total. The van der Waals surface area contributed by atoms with Gasteiger partial charge in [0.2, 0.25) is 5.95 Å². The first-order chi connectivity index (χ1) is 16.9. The molecule has 0 radical (unpaired) electrons. The lowest BCUT2D eigenvalue weighted by Crippen LogP contribution is -2.31. The first kappa shape index (κ1) is 22.3. The molecule has 0 fully saturated rings. The van der Waals surface area contributed by atoms with Crippen molar-refractivity contribution in [1.29, 1.82) is 0 Å². The van der Waals surface area contributed by atoms with E-state index >= 15 is 0 Å². The van der Waals surface area contributed by atoms with Gasteiger partial charge in [-0.3, -0.25) is 9.78 Å². The van der Waals surface area contributed by atoms with Crippen LogP contribution in [0.25, 0.3) is 11.4 Å². The number of amides is 1. The SMILES string of the molecule is COc1ccc(C2C(C(=O)Nc3cccnc3)=C(C)Nc3nc(-c4ccc(C)c(C)c4)nn32)cc1. The Morgan fingerprint density at radius 1 is 1.06 bits per heavy atom. The Balaban J connectivity index is 1.60. The lowest BCUT2D eigenvalue weighted by atomic mass is 9.95. The van der Waals surface area contributed by atoms with Gasteiger partial charge >= 0.3 is 0 Å². The highest BCUT2D eigenvalue weighted by Gasteiger charge is 2.34. The molecule has 5 rings (SSSR count). The van der Waals surface area contributed by atoms with Gasteiger partial charge in [0.25, 0.3) is 5.91 Å². The van der Waals surface area contributed by atoms with Crippen LogP contribution in [0, 0.1) is 13.8 Å². The summed E-state index contributed by atoms with van der Waals surface area (Å²) in [5.41, 5.74) is 6.05. The zero-order chi connectivity index (χ0) is 24.5. The third kappa shape index (κ3) is 4.26. The smallest absolute Gasteiger partial charge is 0.255 e. The molecular weight excluding hydrogens is 440 g/mol. The molecule has 0 aliphatic carbocycles. The fourth-order valence-electron chi connectivity index (χ4n) is 4.18. The van der Waals surface area contributed by atoms with Crippen molar-refractivity contribution in [2.45, 2.75) is 26.8 Å². The third-order valence-corrected chi connectivity index (χ3v) is 6.21. The van der Waals surface area contributed by atoms with Gasteiger partial charge in [-0.1, -0.05) is 24.3 Å². The van der Waals surface area contributed by atoms with Crippen LogP contribution in [-0.4, -0.2) is 32.8 Å². The van der Waals surface area contributed by atoms with Gasteiger partial charge < -0.3 is 15.4 Å². The van der Waals surface area contributed by atoms with Crippen LogP contribution in [0.5, 0.6) is 5.75 Å². The maximum absolute atomic E-state index is 13.5. The van der Waals surface area contributed by atoms with Crippen LogP contribution < -0.4 is 15.4 Å². The highest BCUT2D eigenvalue weighted by atomic mass is 16.5. The Labute approximate surface area is 203 Å². The molecule has 0 spiro atoms. The topological polar surface area (TPSA) is 94.0 Å². The molecule has 1 aliphatic heterocycles. The van der Waals surface area contributed by atoms with E-state index in [4.69, 9.17) is 14.8 Å². The Hall–Kier alpha value is -4.46. The molecule has 1 amide bonds. The summed E-state index contributed by atoms with van der Waals surface area (Å²) in [5, 5.41) is 11.1. The fourth-order valence-corrected chi connectivity index (χ4v) is 4.18. The van der Waals surface area contributed by atoms with Gasteiger partial charge in [0.05, 0.1) is 24.6 Å². The van der Waals surface area contributed by atoms with E-state index in [2.05, 4.69) is 41.6 Å². The Morgan fingerprint density at radius 3 is 2.54 bits per heavy atom. The number of fused-ring (bicyclic) bond motifs is 1. The average Bonchev–Trinajstić information content (AvgIpc) is 3.29. The number of nitrogens with one attached hydrogen (secondary N) is 2. The average molecular weight is 467 g/mol. The summed E-state index contributed by atoms with van der Waals surface area (Å²) in [6, 6.07) is 16.9. The molecule has 0 bridgehead atoms. The fraction of sp³-hybridized carbons (Fsp3) is 0.185. The predicted octanol–water partition coefficient (Wildman–Crippen LogP) is 4.89. The number of allylic oxidation sites excluding steroid dienone is 1. The van der Waals surface area contributed by atoms with Crippen molar-refractivity contribution in [3.63, 3.8) is 0 Å². The number of benzene rings is 2. The van der Waals surface area contributed by atoms with Crippen LogP contribution >= 0.6 is 0 Å². The van der Waals surface area contributed by atoms with Crippen molar-refractivity contribution in [2.75, 3.05) is 17.7 Å². The first-order valence-corrected chi connectivity index (χ1v) is 11.3. The molecule has 2 N–H and O–H groups in total. The number of methoxy groups -OCH3 is 1. The highest BCUT2D eigenvalue weighted by molar-refractivity contribution is 6.05. The summed E-state index contributed by atoms with van der Waals surface area (Å²) in [7, 11) is 1.63. The van der Waals surface area contributed by atoms with Crippen molar-refractivity contribution in [2.24, 2.45) is 0 Å². The molecule has 4 aromatic rings. The van der Waals surface area contributed by atoms with Gasteiger partial charge in [-0.25, -0.2) is 4.68 Å². The monoisotopic (exact) mass is 466 g/mol. The number of hydrogen-bond donors (Lipinski definition) is 2. The first-order valence-electron chi connectivity index (χ1n) is 11.3. The number of aryl methyl sites for hydroxylation is 2. The van der Waals surface area contributed by atoms with Crippen molar-refractivity contribution in [3.05, 3.63) is 95.0 Å². The van der Waals surface area contributed by atoms with Gasteiger partial charge in [-0.15, -0.1) is 5.10 Å². The molecule has 2 aromatic heterocycles. The molecule has 35 heavy (non-hydrogen) atoms. The maximum atomic E-state index is 13.5. The molecule has 1 unspecified atom stereocenters. The summed E-state index contributed by atoms with van der Waals surface area (Å²) < 4.78 is 7.11. The molecule has 1 atom stereocenters. The molecule has 3 heterocycles. The summed E-state index contributed by atoms with van der Waals surface area (Å²) in [6.45, 7) is 6.02. The number of carbonyl (C=O) groups excluding carboxylic acids is 1. The summed E-state index contributed by atoms with van der Waals surface area (Å²) in [6.07, 6.45) is 3.28. The zero-order valence-corrected chi connectivity index (χ0v) is 20.0.